The van der Waals surface area contributed by atoms with Gasteiger partial charge in [0.25, 0.3) is 0 Å². The van der Waals surface area contributed by atoms with Crippen LogP contribution in [0.25, 0.3) is 11.0 Å². The minimum absolute atomic E-state index is 0.264. The molecule has 21 heavy (non-hydrogen) atoms. The Labute approximate surface area is 120 Å². The van der Waals surface area contributed by atoms with Crippen molar-refractivity contribution < 1.29 is 4.79 Å². The van der Waals surface area contributed by atoms with E-state index >= 15 is 0 Å². The number of carbonyl (C=O) groups excluding carboxylic acids is 1. The number of hydrazine groups is 1. The van der Waals surface area contributed by atoms with Gasteiger partial charge in [0.1, 0.15) is 5.82 Å². The zero-order chi connectivity index (χ0) is 14.4. The minimum atomic E-state index is 0.264. The Kier molecular flexibility index (Phi) is 2.67. The van der Waals surface area contributed by atoms with Gasteiger partial charge in [-0.3, -0.25) is 15.3 Å². The lowest BCUT2D eigenvalue weighted by molar-refractivity contribution is -0.129. The summed E-state index contributed by atoms with van der Waals surface area (Å²) in [5.74, 6) is 6.85. The summed E-state index contributed by atoms with van der Waals surface area (Å²) in [7, 11) is 0. The summed E-state index contributed by atoms with van der Waals surface area (Å²) < 4.78 is 0. The number of aromatic nitrogens is 4. The number of nitrogens with zero attached hydrogens (tertiary/aromatic N) is 5. The van der Waals surface area contributed by atoms with Crippen LogP contribution in [0.5, 0.6) is 0 Å². The second-order valence-electron chi connectivity index (χ2n) is 5.37. The summed E-state index contributed by atoms with van der Waals surface area (Å²) >= 11 is 0. The van der Waals surface area contributed by atoms with Crippen LogP contribution in [0.3, 0.4) is 0 Å². The van der Waals surface area contributed by atoms with E-state index in [-0.39, 0.29) is 11.9 Å². The lowest BCUT2D eigenvalue weighted by Crippen LogP contribution is -2.51. The van der Waals surface area contributed by atoms with Gasteiger partial charge in [-0.05, 0) is 6.42 Å². The fourth-order valence-corrected chi connectivity index (χ4v) is 3.18. The summed E-state index contributed by atoms with van der Waals surface area (Å²) in [4.78, 5) is 24.6. The smallest absolute Gasteiger partial charge is 0.241 e. The third kappa shape index (κ3) is 1.88. The third-order valence-electron chi connectivity index (χ3n) is 4.21. The van der Waals surface area contributed by atoms with E-state index in [4.69, 9.17) is 5.84 Å². The van der Waals surface area contributed by atoms with Crippen molar-refractivity contribution in [2.24, 2.45) is 5.84 Å². The molecule has 0 spiro atoms. The highest BCUT2D eigenvalue weighted by Gasteiger charge is 2.36. The molecular formula is C12H16N8O. The normalized spacial score (nSPS) is 22.0. The van der Waals surface area contributed by atoms with Gasteiger partial charge in [0, 0.05) is 32.1 Å². The van der Waals surface area contributed by atoms with E-state index in [1.807, 2.05) is 4.90 Å². The van der Waals surface area contributed by atoms with Gasteiger partial charge in [-0.1, -0.05) is 0 Å². The van der Waals surface area contributed by atoms with E-state index in [2.05, 4.69) is 30.5 Å². The Hall–Kier alpha value is -2.42. The van der Waals surface area contributed by atoms with Crippen molar-refractivity contribution in [2.45, 2.75) is 18.9 Å². The first-order valence-electron chi connectivity index (χ1n) is 6.98. The number of hydrogen-bond donors (Lipinski definition) is 3. The van der Waals surface area contributed by atoms with Gasteiger partial charge < -0.3 is 9.80 Å². The molecule has 9 heteroatoms. The molecule has 2 aliphatic rings. The van der Waals surface area contributed by atoms with Gasteiger partial charge in [-0.25, -0.2) is 5.84 Å². The largest absolute Gasteiger partial charge is 0.352 e. The van der Waals surface area contributed by atoms with Crippen LogP contribution in [0.4, 0.5) is 11.8 Å². The standard InChI is InChI=1S/C12H16N8O/c13-17-12-15-10-8(5-14-18-10)11(16-12)19-3-4-20-7(6-19)1-2-9(20)21/h5,7H,1-4,6,13H2,(H2,14,15,16,17,18). The maximum Gasteiger partial charge on any atom is 0.241 e. The van der Waals surface area contributed by atoms with Crippen LogP contribution < -0.4 is 16.2 Å². The van der Waals surface area contributed by atoms with Gasteiger partial charge in [0.2, 0.25) is 11.9 Å². The zero-order valence-corrected chi connectivity index (χ0v) is 11.4. The van der Waals surface area contributed by atoms with E-state index in [1.165, 1.54) is 0 Å². The Morgan fingerprint density at radius 2 is 2.29 bits per heavy atom. The van der Waals surface area contributed by atoms with Crippen LogP contribution in [-0.4, -0.2) is 56.6 Å². The third-order valence-corrected chi connectivity index (χ3v) is 4.21. The first-order chi connectivity index (χ1) is 10.3. The van der Waals surface area contributed by atoms with Crippen molar-refractivity contribution >= 4 is 28.7 Å². The highest BCUT2D eigenvalue weighted by molar-refractivity contribution is 5.88. The van der Waals surface area contributed by atoms with Crippen LogP contribution >= 0.6 is 0 Å². The van der Waals surface area contributed by atoms with E-state index < -0.39 is 0 Å². The molecule has 0 bridgehead atoms. The SMILES string of the molecule is NNc1nc(N2CCN3C(=O)CCC3C2)c2cn[nH]c2n1. The molecule has 2 aliphatic heterocycles. The molecular weight excluding hydrogens is 272 g/mol. The lowest BCUT2D eigenvalue weighted by Gasteiger charge is -2.38. The van der Waals surface area contributed by atoms with Crippen molar-refractivity contribution in [3.05, 3.63) is 6.20 Å². The fraction of sp³-hybridized carbons (Fsp3) is 0.500. The van der Waals surface area contributed by atoms with Crippen molar-refractivity contribution in [1.82, 2.24) is 25.1 Å². The molecule has 4 N–H and O–H groups in total. The quantitative estimate of drug-likeness (QED) is 0.501. The molecule has 0 aliphatic carbocycles. The molecule has 1 unspecified atom stereocenters. The molecule has 1 atom stereocenters. The van der Waals surface area contributed by atoms with Crippen molar-refractivity contribution in [3.63, 3.8) is 0 Å². The highest BCUT2D eigenvalue weighted by Crippen LogP contribution is 2.29. The van der Waals surface area contributed by atoms with Gasteiger partial charge >= 0.3 is 0 Å². The van der Waals surface area contributed by atoms with E-state index in [1.54, 1.807) is 6.20 Å². The van der Waals surface area contributed by atoms with Gasteiger partial charge in [-0.15, -0.1) is 0 Å². The zero-order valence-electron chi connectivity index (χ0n) is 11.4. The fourth-order valence-electron chi connectivity index (χ4n) is 3.18. The predicted molar refractivity (Wildman–Crippen MR) is 76.4 cm³/mol. The average molecular weight is 288 g/mol. The number of fused-ring (bicyclic) bond motifs is 2. The first kappa shape index (κ1) is 12.3. The Bertz CT molecular complexity index is 698. The monoisotopic (exact) mass is 288 g/mol. The number of nitrogen functional groups attached to an aromatic ring is 1. The lowest BCUT2D eigenvalue weighted by atomic mass is 10.1. The molecule has 2 aromatic rings. The second-order valence-corrected chi connectivity index (χ2v) is 5.37. The summed E-state index contributed by atoms with van der Waals surface area (Å²) in [6.45, 7) is 2.27. The van der Waals surface area contributed by atoms with Crippen molar-refractivity contribution in [2.75, 3.05) is 30.0 Å². The van der Waals surface area contributed by atoms with Gasteiger partial charge in [-0.2, -0.15) is 15.1 Å². The number of rotatable bonds is 2. The number of hydrogen-bond acceptors (Lipinski definition) is 7. The van der Waals surface area contributed by atoms with Crippen LogP contribution in [0.2, 0.25) is 0 Å². The molecule has 2 fully saturated rings. The number of piperazine rings is 1. The Morgan fingerprint density at radius 1 is 1.38 bits per heavy atom. The van der Waals surface area contributed by atoms with E-state index in [9.17, 15) is 4.79 Å². The van der Waals surface area contributed by atoms with E-state index in [0.29, 0.717) is 18.0 Å². The first-order valence-corrected chi connectivity index (χ1v) is 6.98. The molecule has 110 valence electrons. The van der Waals surface area contributed by atoms with E-state index in [0.717, 1.165) is 37.3 Å². The molecule has 0 radical (unpaired) electrons. The highest BCUT2D eigenvalue weighted by atomic mass is 16.2. The number of nitrogens with two attached hydrogens (primary N) is 1. The molecule has 0 saturated carbocycles. The summed E-state index contributed by atoms with van der Waals surface area (Å²) in [6, 6.07) is 0.275. The Balaban J connectivity index is 1.70. The number of carbonyl (C=O) groups is 1. The summed E-state index contributed by atoms with van der Waals surface area (Å²) in [5.41, 5.74) is 3.13. The summed E-state index contributed by atoms with van der Waals surface area (Å²) in [6.07, 6.45) is 3.28. The Morgan fingerprint density at radius 3 is 3.14 bits per heavy atom. The molecule has 4 heterocycles. The topological polar surface area (TPSA) is 116 Å². The predicted octanol–water partition coefficient (Wildman–Crippen LogP) is -0.551. The minimum Gasteiger partial charge on any atom is -0.352 e. The van der Waals surface area contributed by atoms with Crippen molar-refractivity contribution in [1.29, 1.82) is 0 Å². The molecule has 9 nitrogen and oxygen atoms in total. The summed E-state index contributed by atoms with van der Waals surface area (Å²) in [5, 5.41) is 7.73. The molecule has 0 aromatic carbocycles. The van der Waals surface area contributed by atoms with Crippen LogP contribution in [0, 0.1) is 0 Å². The van der Waals surface area contributed by atoms with Crippen LogP contribution in [0.15, 0.2) is 6.20 Å². The number of amides is 1. The van der Waals surface area contributed by atoms with Gasteiger partial charge in [0.05, 0.1) is 11.6 Å². The second kappa shape index (κ2) is 4.55. The number of aromatic amines is 1. The van der Waals surface area contributed by atoms with Gasteiger partial charge in [0.15, 0.2) is 5.65 Å². The maximum absolute atomic E-state index is 11.8. The molecule has 2 saturated heterocycles. The van der Waals surface area contributed by atoms with Crippen molar-refractivity contribution in [3.8, 4) is 0 Å². The molecule has 1 amide bonds. The van der Waals surface area contributed by atoms with Crippen LogP contribution in [0.1, 0.15) is 12.8 Å². The maximum atomic E-state index is 11.8. The number of H-pyrrole nitrogens is 1. The number of nitrogens with one attached hydrogen (secondary N) is 2. The molecule has 4 rings (SSSR count). The number of anilines is 2. The molecule has 2 aromatic heterocycles. The average Bonchev–Trinajstić information content (AvgIpc) is 3.12. The van der Waals surface area contributed by atoms with Crippen LogP contribution in [-0.2, 0) is 4.79 Å².